The molecule has 1 aliphatic heterocycles. The van der Waals surface area contributed by atoms with Gasteiger partial charge in [0.15, 0.2) is 0 Å². The van der Waals surface area contributed by atoms with Crippen molar-refractivity contribution in [3.05, 3.63) is 65.9 Å². The van der Waals surface area contributed by atoms with E-state index >= 15 is 0 Å². The second kappa shape index (κ2) is 11.5. The van der Waals surface area contributed by atoms with Gasteiger partial charge in [-0.05, 0) is 56.7 Å². The summed E-state index contributed by atoms with van der Waals surface area (Å²) in [6.45, 7) is 4.67. The Bertz CT molecular complexity index is 1040. The molecule has 2 heterocycles. The summed E-state index contributed by atoms with van der Waals surface area (Å²) in [5.41, 5.74) is 3.20. The third-order valence-corrected chi connectivity index (χ3v) is 6.24. The van der Waals surface area contributed by atoms with Crippen LogP contribution in [-0.2, 0) is 13.1 Å². The van der Waals surface area contributed by atoms with E-state index in [9.17, 15) is 5.11 Å². The molecule has 6 heteroatoms. The van der Waals surface area contributed by atoms with Gasteiger partial charge in [-0.1, -0.05) is 36.8 Å². The van der Waals surface area contributed by atoms with Crippen molar-refractivity contribution in [1.82, 2.24) is 14.8 Å². The first kappa shape index (κ1) is 23.5. The Morgan fingerprint density at radius 2 is 1.76 bits per heavy atom. The first-order valence-electron chi connectivity index (χ1n) is 11.8. The van der Waals surface area contributed by atoms with Gasteiger partial charge >= 0.3 is 0 Å². The topological polar surface area (TPSA) is 58.1 Å². The van der Waals surface area contributed by atoms with Gasteiger partial charge in [0.25, 0.3) is 0 Å². The van der Waals surface area contributed by atoms with E-state index in [0.29, 0.717) is 13.2 Å². The molecule has 1 N–H and O–H groups in total. The van der Waals surface area contributed by atoms with E-state index in [0.717, 1.165) is 54.1 Å². The van der Waals surface area contributed by atoms with Crippen molar-refractivity contribution in [2.45, 2.75) is 38.5 Å². The molecule has 2 aromatic carbocycles. The maximum Gasteiger partial charge on any atom is 0.145 e. The number of likely N-dealkylation sites (tertiary alicyclic amines) is 1. The molecule has 6 nitrogen and oxygen atoms in total. The van der Waals surface area contributed by atoms with Crippen LogP contribution >= 0.6 is 0 Å². The molecule has 176 valence electrons. The molecule has 0 bridgehead atoms. The number of pyridine rings is 1. The standard InChI is InChI=1S/C27H35N3O3/c1-29(17-21-12-13-26(32-2)27-24(21)10-8-14-28-27)18-22-9-4-5-11-25(22)33-20-23(31)19-30-15-6-3-7-16-30/h4-5,8-14,23,31H,3,6-7,15-20H2,1-2H3/t23-/m0/s1. The lowest BCUT2D eigenvalue weighted by atomic mass is 10.1. The summed E-state index contributed by atoms with van der Waals surface area (Å²) < 4.78 is 11.5. The zero-order valence-electron chi connectivity index (χ0n) is 19.7. The molecule has 1 atom stereocenters. The summed E-state index contributed by atoms with van der Waals surface area (Å²) in [5, 5.41) is 11.6. The number of aliphatic hydroxyl groups excluding tert-OH is 1. The molecular formula is C27H35N3O3. The zero-order chi connectivity index (χ0) is 23.0. The highest BCUT2D eigenvalue weighted by atomic mass is 16.5. The molecule has 0 amide bonds. The summed E-state index contributed by atoms with van der Waals surface area (Å²) in [5.74, 6) is 1.63. The van der Waals surface area contributed by atoms with Crippen LogP contribution in [0.4, 0.5) is 0 Å². The fraction of sp³-hybridized carbons (Fsp3) is 0.444. The molecule has 0 aliphatic carbocycles. The van der Waals surface area contributed by atoms with Crippen LogP contribution in [0.5, 0.6) is 11.5 Å². The SMILES string of the molecule is COc1ccc(CN(C)Cc2ccccc2OC[C@@H](O)CN2CCCCC2)c2cccnc12. The van der Waals surface area contributed by atoms with Crippen LogP contribution < -0.4 is 9.47 Å². The molecule has 33 heavy (non-hydrogen) atoms. The third kappa shape index (κ3) is 6.22. The van der Waals surface area contributed by atoms with Crippen LogP contribution in [0.25, 0.3) is 10.9 Å². The van der Waals surface area contributed by atoms with Gasteiger partial charge in [-0.25, -0.2) is 0 Å². The van der Waals surface area contributed by atoms with E-state index in [2.05, 4.69) is 40.0 Å². The third-order valence-electron chi connectivity index (χ3n) is 6.24. The van der Waals surface area contributed by atoms with E-state index in [1.165, 1.54) is 24.8 Å². The average molecular weight is 450 g/mol. The normalized spacial score (nSPS) is 15.6. The van der Waals surface area contributed by atoms with Gasteiger partial charge < -0.3 is 19.5 Å². The van der Waals surface area contributed by atoms with E-state index < -0.39 is 6.10 Å². The van der Waals surface area contributed by atoms with Crippen LogP contribution in [0.2, 0.25) is 0 Å². The number of nitrogens with zero attached hydrogens (tertiary/aromatic N) is 3. The molecule has 1 fully saturated rings. The molecule has 3 aromatic rings. The average Bonchev–Trinajstić information content (AvgIpc) is 2.84. The van der Waals surface area contributed by atoms with Crippen LogP contribution in [0, 0.1) is 0 Å². The number of aliphatic hydroxyl groups is 1. The van der Waals surface area contributed by atoms with Gasteiger partial charge in [0.1, 0.15) is 29.7 Å². The quantitative estimate of drug-likeness (QED) is 0.503. The number of para-hydroxylation sites is 1. The molecule has 0 radical (unpaired) electrons. The summed E-state index contributed by atoms with van der Waals surface area (Å²) in [6.07, 6.45) is 5.07. The summed E-state index contributed by atoms with van der Waals surface area (Å²) in [4.78, 5) is 9.11. The molecular weight excluding hydrogens is 414 g/mol. The number of fused-ring (bicyclic) bond motifs is 1. The summed E-state index contributed by atoms with van der Waals surface area (Å²) in [6, 6.07) is 16.3. The smallest absolute Gasteiger partial charge is 0.145 e. The first-order chi connectivity index (χ1) is 16.1. The Morgan fingerprint density at radius 1 is 0.970 bits per heavy atom. The highest BCUT2D eigenvalue weighted by Gasteiger charge is 2.16. The molecule has 1 aromatic heterocycles. The molecule has 1 saturated heterocycles. The van der Waals surface area contributed by atoms with Crippen LogP contribution in [-0.4, -0.2) is 66.4 Å². The van der Waals surface area contributed by atoms with Gasteiger partial charge in [0.2, 0.25) is 0 Å². The first-order valence-corrected chi connectivity index (χ1v) is 11.8. The lowest BCUT2D eigenvalue weighted by Crippen LogP contribution is -2.38. The van der Waals surface area contributed by atoms with Crippen molar-refractivity contribution in [3.63, 3.8) is 0 Å². The van der Waals surface area contributed by atoms with E-state index in [4.69, 9.17) is 9.47 Å². The molecule has 0 unspecified atom stereocenters. The number of benzene rings is 2. The number of hydrogen-bond donors (Lipinski definition) is 1. The Labute approximate surface area is 196 Å². The predicted molar refractivity (Wildman–Crippen MR) is 132 cm³/mol. The number of rotatable bonds is 10. The van der Waals surface area contributed by atoms with E-state index in [1.54, 1.807) is 13.3 Å². The molecule has 4 rings (SSSR count). The van der Waals surface area contributed by atoms with Gasteiger partial charge in [0.05, 0.1) is 7.11 Å². The fourth-order valence-electron chi connectivity index (χ4n) is 4.60. The Balaban J connectivity index is 1.38. The monoisotopic (exact) mass is 449 g/mol. The Morgan fingerprint density at radius 3 is 2.58 bits per heavy atom. The van der Waals surface area contributed by atoms with Crippen LogP contribution in [0.3, 0.4) is 0 Å². The minimum atomic E-state index is -0.480. The number of methoxy groups -OCH3 is 1. The summed E-state index contributed by atoms with van der Waals surface area (Å²) >= 11 is 0. The minimum absolute atomic E-state index is 0.312. The number of ether oxygens (including phenoxy) is 2. The molecule has 0 saturated carbocycles. The van der Waals surface area contributed by atoms with Crippen LogP contribution in [0.15, 0.2) is 54.7 Å². The second-order valence-electron chi connectivity index (χ2n) is 8.93. The van der Waals surface area contributed by atoms with Crippen molar-refractivity contribution in [1.29, 1.82) is 0 Å². The van der Waals surface area contributed by atoms with E-state index in [-0.39, 0.29) is 0 Å². The maximum atomic E-state index is 10.5. The number of hydrogen-bond acceptors (Lipinski definition) is 6. The summed E-state index contributed by atoms with van der Waals surface area (Å²) in [7, 11) is 3.78. The van der Waals surface area contributed by atoms with Gasteiger partial charge in [-0.2, -0.15) is 0 Å². The van der Waals surface area contributed by atoms with Crippen molar-refractivity contribution in [3.8, 4) is 11.5 Å². The largest absolute Gasteiger partial charge is 0.494 e. The molecule has 1 aliphatic rings. The van der Waals surface area contributed by atoms with Gasteiger partial charge in [-0.15, -0.1) is 0 Å². The second-order valence-corrected chi connectivity index (χ2v) is 8.93. The van der Waals surface area contributed by atoms with Crippen LogP contribution in [0.1, 0.15) is 30.4 Å². The van der Waals surface area contributed by atoms with E-state index in [1.807, 2.05) is 30.3 Å². The number of piperidine rings is 1. The zero-order valence-corrected chi connectivity index (χ0v) is 19.7. The maximum absolute atomic E-state index is 10.5. The van der Waals surface area contributed by atoms with Crippen molar-refractivity contribution in [2.24, 2.45) is 0 Å². The molecule has 0 spiro atoms. The van der Waals surface area contributed by atoms with Crippen molar-refractivity contribution in [2.75, 3.05) is 40.4 Å². The van der Waals surface area contributed by atoms with Crippen molar-refractivity contribution >= 4 is 10.9 Å². The fourth-order valence-corrected chi connectivity index (χ4v) is 4.60. The van der Waals surface area contributed by atoms with Gasteiger partial charge in [0, 0.05) is 36.8 Å². The number of aromatic nitrogens is 1. The van der Waals surface area contributed by atoms with Crippen molar-refractivity contribution < 1.29 is 14.6 Å². The highest BCUT2D eigenvalue weighted by molar-refractivity contribution is 5.87. The van der Waals surface area contributed by atoms with Gasteiger partial charge in [-0.3, -0.25) is 9.88 Å². The Hall–Kier alpha value is -2.67. The minimum Gasteiger partial charge on any atom is -0.494 e. The lowest BCUT2D eigenvalue weighted by molar-refractivity contribution is 0.0612. The predicted octanol–water partition coefficient (Wildman–Crippen LogP) is 4.10. The lowest BCUT2D eigenvalue weighted by Gasteiger charge is -2.28. The highest BCUT2D eigenvalue weighted by Crippen LogP contribution is 2.28. The Kier molecular flexibility index (Phi) is 8.15. The number of β-amino-alcohol motifs (C(OH)–C–C–N with tert-alkyl or cyclic N) is 1.